The molecule has 0 aliphatic carbocycles. The molecule has 1 saturated heterocycles. The van der Waals surface area contributed by atoms with Crippen LogP contribution in [-0.2, 0) is 19.6 Å². The third kappa shape index (κ3) is 6.56. The van der Waals surface area contributed by atoms with Crippen molar-refractivity contribution in [2.24, 2.45) is 11.3 Å². The van der Waals surface area contributed by atoms with Crippen LogP contribution < -0.4 is 0 Å². The minimum Gasteiger partial charge on any atom is -0.481 e. The molecule has 8 nitrogen and oxygen atoms in total. The number of amides is 1. The van der Waals surface area contributed by atoms with Gasteiger partial charge in [-0.3, -0.25) is 9.59 Å². The monoisotopic (exact) mass is 607 g/mol. The van der Waals surface area contributed by atoms with Gasteiger partial charge in [0.05, 0.1) is 35.7 Å². The summed E-state index contributed by atoms with van der Waals surface area (Å²) >= 11 is 12.6. The number of carboxylic acid groups (broad SMARTS) is 1. The predicted molar refractivity (Wildman–Crippen MR) is 155 cm³/mol. The average Bonchev–Trinajstić information content (AvgIpc) is 2.86. The van der Waals surface area contributed by atoms with Crippen molar-refractivity contribution >= 4 is 45.1 Å². The topological polar surface area (TPSA) is 119 Å². The molecule has 2 aromatic carbocycles. The number of piperidine rings is 1. The molecule has 40 heavy (non-hydrogen) atoms. The van der Waals surface area contributed by atoms with Crippen molar-refractivity contribution < 1.29 is 23.1 Å². The Bertz CT molecular complexity index is 1390. The molecular formula is C29H35Cl2N3O5S. The maximum atomic E-state index is 14.4. The molecular weight excluding hydrogens is 573 g/mol. The predicted octanol–water partition coefficient (Wildman–Crippen LogP) is 6.08. The second-order valence-electron chi connectivity index (χ2n) is 11.2. The smallest absolute Gasteiger partial charge is 0.304 e. The molecule has 0 unspecified atom stereocenters. The van der Waals surface area contributed by atoms with Gasteiger partial charge in [0.1, 0.15) is 0 Å². The second kappa shape index (κ2) is 12.4. The van der Waals surface area contributed by atoms with E-state index in [1.165, 1.54) is 13.8 Å². The summed E-state index contributed by atoms with van der Waals surface area (Å²) in [5.41, 5.74) is 0.264. The molecule has 0 spiro atoms. The first kappa shape index (κ1) is 31.7. The SMILES string of the molecule is CC(C)[C@@H](CN(C#N)S(=O)(=O)C(C)C)N1C(=O)[C@@](C)(CC(=O)O)C[C@H](c2cccc(Cl)c2)[C@H]1c1ccc(Cl)cc1. The number of hydrogen-bond donors (Lipinski definition) is 1. The average molecular weight is 609 g/mol. The molecule has 1 aliphatic heterocycles. The Balaban J connectivity index is 2.30. The van der Waals surface area contributed by atoms with E-state index in [1.807, 2.05) is 32.0 Å². The van der Waals surface area contributed by atoms with Crippen LogP contribution in [0.5, 0.6) is 0 Å². The van der Waals surface area contributed by atoms with Crippen LogP contribution in [-0.4, -0.2) is 52.4 Å². The molecule has 1 aliphatic rings. The summed E-state index contributed by atoms with van der Waals surface area (Å²) in [7, 11) is -3.98. The fourth-order valence-electron chi connectivity index (χ4n) is 5.49. The number of rotatable bonds is 10. The zero-order chi connectivity index (χ0) is 30.0. The molecule has 0 bridgehead atoms. The molecule has 216 valence electrons. The van der Waals surface area contributed by atoms with E-state index in [2.05, 4.69) is 0 Å². The number of benzene rings is 2. The van der Waals surface area contributed by atoms with Crippen molar-refractivity contribution in [3.05, 3.63) is 69.7 Å². The van der Waals surface area contributed by atoms with E-state index < -0.39 is 51.1 Å². The summed E-state index contributed by atoms with van der Waals surface area (Å²) in [5.74, 6) is -2.20. The van der Waals surface area contributed by atoms with Crippen LogP contribution in [0.4, 0.5) is 0 Å². The lowest BCUT2D eigenvalue weighted by molar-refractivity contribution is -0.161. The Labute approximate surface area is 246 Å². The van der Waals surface area contributed by atoms with Crippen molar-refractivity contribution in [1.29, 1.82) is 5.26 Å². The molecule has 1 N–H and O–H groups in total. The van der Waals surface area contributed by atoms with Gasteiger partial charge in [0.25, 0.3) is 0 Å². The normalized spacial score (nSPS) is 22.3. The summed E-state index contributed by atoms with van der Waals surface area (Å²) in [6.45, 7) is 8.06. The largest absolute Gasteiger partial charge is 0.481 e. The van der Waals surface area contributed by atoms with Gasteiger partial charge in [-0.1, -0.05) is 68.2 Å². The first-order valence-electron chi connectivity index (χ1n) is 13.1. The lowest BCUT2D eigenvalue weighted by Crippen LogP contribution is -2.59. The van der Waals surface area contributed by atoms with E-state index in [-0.39, 0.29) is 24.8 Å². The maximum Gasteiger partial charge on any atom is 0.304 e. The Morgan fingerprint density at radius 2 is 1.75 bits per heavy atom. The minimum absolute atomic E-state index is 0.222. The van der Waals surface area contributed by atoms with E-state index >= 15 is 0 Å². The van der Waals surface area contributed by atoms with Gasteiger partial charge in [-0.15, -0.1) is 0 Å². The number of hydrogen-bond acceptors (Lipinski definition) is 5. The number of carboxylic acids is 1. The van der Waals surface area contributed by atoms with Crippen LogP contribution in [0.3, 0.4) is 0 Å². The molecule has 0 saturated carbocycles. The number of aliphatic carboxylic acids is 1. The number of nitrogens with zero attached hydrogens (tertiary/aromatic N) is 3. The van der Waals surface area contributed by atoms with Gasteiger partial charge in [-0.05, 0) is 61.6 Å². The molecule has 1 amide bonds. The summed E-state index contributed by atoms with van der Waals surface area (Å²) in [6, 6.07) is 12.9. The molecule has 0 radical (unpaired) electrons. The van der Waals surface area contributed by atoms with E-state index in [4.69, 9.17) is 23.2 Å². The first-order valence-corrected chi connectivity index (χ1v) is 15.3. The van der Waals surface area contributed by atoms with Crippen LogP contribution >= 0.6 is 23.2 Å². The lowest BCUT2D eigenvalue weighted by Gasteiger charge is -2.53. The summed E-state index contributed by atoms with van der Waals surface area (Å²) in [5, 5.41) is 19.9. The second-order valence-corrected chi connectivity index (χ2v) is 14.5. The zero-order valence-electron chi connectivity index (χ0n) is 23.2. The van der Waals surface area contributed by atoms with Gasteiger partial charge >= 0.3 is 5.97 Å². The third-order valence-electron chi connectivity index (χ3n) is 7.63. The highest BCUT2D eigenvalue weighted by Crippen LogP contribution is 2.52. The molecule has 2 aromatic rings. The summed E-state index contributed by atoms with van der Waals surface area (Å²) < 4.78 is 26.9. The highest BCUT2D eigenvalue weighted by molar-refractivity contribution is 7.89. The fraction of sp³-hybridized carbons (Fsp3) is 0.483. The summed E-state index contributed by atoms with van der Waals surface area (Å²) in [6.07, 6.45) is 1.62. The van der Waals surface area contributed by atoms with Gasteiger partial charge < -0.3 is 10.0 Å². The van der Waals surface area contributed by atoms with E-state index in [9.17, 15) is 28.4 Å². The van der Waals surface area contributed by atoms with Crippen molar-refractivity contribution in [2.45, 2.75) is 70.7 Å². The maximum absolute atomic E-state index is 14.4. The molecule has 1 heterocycles. The Kier molecular flexibility index (Phi) is 9.82. The Morgan fingerprint density at radius 1 is 1.12 bits per heavy atom. The third-order valence-corrected chi connectivity index (χ3v) is 10.1. The van der Waals surface area contributed by atoms with Crippen molar-refractivity contribution in [3.8, 4) is 6.19 Å². The van der Waals surface area contributed by atoms with Gasteiger partial charge in [0.15, 0.2) is 6.19 Å². The van der Waals surface area contributed by atoms with Crippen molar-refractivity contribution in [1.82, 2.24) is 9.21 Å². The van der Waals surface area contributed by atoms with Crippen LogP contribution in [0.2, 0.25) is 10.0 Å². The van der Waals surface area contributed by atoms with E-state index in [1.54, 1.807) is 48.3 Å². The molecule has 3 rings (SSSR count). The standard InChI is InChI=1S/C29H35Cl2N3O5S/c1-18(2)25(16-33(17-32)40(38,39)19(3)4)34-27(20-9-11-22(30)12-10-20)24(21-7-6-8-23(31)13-21)14-29(5,28(34)37)15-26(35)36/h6-13,18-19,24-25,27H,14-16H2,1-5H3,(H,35,36)/t24-,25-,27-,29-/m1/s1. The van der Waals surface area contributed by atoms with Crippen molar-refractivity contribution in [3.63, 3.8) is 0 Å². The van der Waals surface area contributed by atoms with Gasteiger partial charge in [0.2, 0.25) is 15.9 Å². The van der Waals surface area contributed by atoms with Crippen LogP contribution in [0.1, 0.15) is 70.5 Å². The number of nitriles is 1. The first-order chi connectivity index (χ1) is 18.6. The number of carbonyl (C=O) groups excluding carboxylic acids is 1. The van der Waals surface area contributed by atoms with E-state index in [0.717, 1.165) is 15.4 Å². The quantitative estimate of drug-likeness (QED) is 0.258. The van der Waals surface area contributed by atoms with E-state index in [0.29, 0.717) is 10.0 Å². The van der Waals surface area contributed by atoms with Gasteiger partial charge in [-0.2, -0.15) is 5.26 Å². The molecule has 11 heteroatoms. The zero-order valence-corrected chi connectivity index (χ0v) is 25.5. The number of sulfonamides is 1. The molecule has 4 atom stereocenters. The van der Waals surface area contributed by atoms with Crippen LogP contribution in [0, 0.1) is 22.8 Å². The highest BCUT2D eigenvalue weighted by Gasteiger charge is 2.53. The van der Waals surface area contributed by atoms with Gasteiger partial charge in [0, 0.05) is 16.0 Å². The van der Waals surface area contributed by atoms with Crippen LogP contribution in [0.15, 0.2) is 48.5 Å². The van der Waals surface area contributed by atoms with Gasteiger partial charge in [-0.25, -0.2) is 12.7 Å². The van der Waals surface area contributed by atoms with Crippen molar-refractivity contribution in [2.75, 3.05) is 6.54 Å². The molecule has 1 fully saturated rings. The lowest BCUT2D eigenvalue weighted by atomic mass is 9.66. The Hall–Kier alpha value is -2.80. The molecule has 0 aromatic heterocycles. The fourth-order valence-corrected chi connectivity index (χ4v) is 6.80. The Morgan fingerprint density at radius 3 is 2.25 bits per heavy atom. The number of likely N-dealkylation sites (tertiary alicyclic amines) is 1. The number of halogens is 2. The minimum atomic E-state index is -3.98. The number of carbonyl (C=O) groups is 2. The summed E-state index contributed by atoms with van der Waals surface area (Å²) in [4.78, 5) is 28.1. The van der Waals surface area contributed by atoms with Crippen LogP contribution in [0.25, 0.3) is 0 Å². The highest BCUT2D eigenvalue weighted by atomic mass is 35.5.